The Hall–Kier alpha value is -3.54. The molecule has 35 heavy (non-hydrogen) atoms. The van der Waals surface area contributed by atoms with Crippen LogP contribution in [0.3, 0.4) is 0 Å². The van der Waals surface area contributed by atoms with Crippen LogP contribution in [0.2, 0.25) is 0 Å². The number of alkyl halides is 6. The molecule has 5 nitrogen and oxygen atoms in total. The summed E-state index contributed by atoms with van der Waals surface area (Å²) in [5.74, 6) is -0.974. The molecule has 0 atom stereocenters. The smallest absolute Gasteiger partial charge is 0.325 e. The molecular formula is C23H18F6N2O3S. The number of sulfonamides is 1. The molecule has 0 aromatic heterocycles. The average molecular weight is 516 g/mol. The van der Waals surface area contributed by atoms with Gasteiger partial charge < -0.3 is 5.32 Å². The highest BCUT2D eigenvalue weighted by Crippen LogP contribution is 2.33. The van der Waals surface area contributed by atoms with Crippen LogP contribution in [-0.2, 0) is 27.2 Å². The van der Waals surface area contributed by atoms with Crippen molar-refractivity contribution in [2.75, 3.05) is 16.2 Å². The Morgan fingerprint density at radius 1 is 0.829 bits per heavy atom. The maximum absolute atomic E-state index is 13.3. The third-order valence-electron chi connectivity index (χ3n) is 4.85. The van der Waals surface area contributed by atoms with Gasteiger partial charge in [0.05, 0.1) is 21.7 Å². The maximum atomic E-state index is 13.3. The molecular weight excluding hydrogens is 498 g/mol. The van der Waals surface area contributed by atoms with Crippen LogP contribution in [0.1, 0.15) is 16.7 Å². The molecule has 0 saturated heterocycles. The molecule has 3 rings (SSSR count). The Bertz CT molecular complexity index is 1300. The van der Waals surface area contributed by atoms with Gasteiger partial charge in [-0.15, -0.1) is 0 Å². The second-order valence-electron chi connectivity index (χ2n) is 7.50. The number of hydrogen-bond donors (Lipinski definition) is 1. The number of aryl methyl sites for hydroxylation is 1. The number of carbonyl (C=O) groups excluding carboxylic acids is 1. The first-order chi connectivity index (χ1) is 16.2. The fraction of sp³-hybridized carbons (Fsp3) is 0.174. The number of anilines is 2. The molecule has 0 aliphatic rings. The summed E-state index contributed by atoms with van der Waals surface area (Å²) in [5, 5.41) is 2.26. The minimum absolute atomic E-state index is 0.0558. The van der Waals surface area contributed by atoms with E-state index in [0.717, 1.165) is 48.0 Å². The van der Waals surface area contributed by atoms with Crippen molar-refractivity contribution in [1.82, 2.24) is 0 Å². The number of halogens is 6. The van der Waals surface area contributed by atoms with E-state index in [1.807, 2.05) is 0 Å². The van der Waals surface area contributed by atoms with Crippen molar-refractivity contribution in [1.29, 1.82) is 0 Å². The second-order valence-corrected chi connectivity index (χ2v) is 9.36. The fourth-order valence-electron chi connectivity index (χ4n) is 3.06. The van der Waals surface area contributed by atoms with E-state index in [-0.39, 0.29) is 10.6 Å². The fourth-order valence-corrected chi connectivity index (χ4v) is 4.48. The molecule has 3 aromatic rings. The Kier molecular flexibility index (Phi) is 7.16. The van der Waals surface area contributed by atoms with Crippen LogP contribution in [-0.4, -0.2) is 20.9 Å². The van der Waals surface area contributed by atoms with E-state index >= 15 is 0 Å². The van der Waals surface area contributed by atoms with E-state index in [1.54, 1.807) is 6.92 Å². The van der Waals surface area contributed by atoms with Crippen molar-refractivity contribution in [3.05, 3.63) is 89.5 Å². The lowest BCUT2D eigenvalue weighted by Crippen LogP contribution is -2.38. The van der Waals surface area contributed by atoms with E-state index in [4.69, 9.17) is 0 Å². The number of nitrogens with one attached hydrogen (secondary N) is 1. The number of carbonyl (C=O) groups is 1. The molecule has 0 heterocycles. The summed E-state index contributed by atoms with van der Waals surface area (Å²) in [4.78, 5) is 12.4. The zero-order valence-electron chi connectivity index (χ0n) is 18.0. The predicted octanol–water partition coefficient (Wildman–Crippen LogP) is 5.87. The highest BCUT2D eigenvalue weighted by molar-refractivity contribution is 7.92. The quantitative estimate of drug-likeness (QED) is 0.417. The van der Waals surface area contributed by atoms with Crippen LogP contribution in [0, 0.1) is 6.92 Å². The molecule has 0 spiro atoms. The summed E-state index contributed by atoms with van der Waals surface area (Å²) in [6.07, 6.45) is -9.36. The van der Waals surface area contributed by atoms with Crippen LogP contribution in [0.4, 0.5) is 37.7 Å². The summed E-state index contributed by atoms with van der Waals surface area (Å²) in [6.45, 7) is 0.775. The van der Waals surface area contributed by atoms with Gasteiger partial charge in [-0.05, 0) is 61.5 Å². The first kappa shape index (κ1) is 26.1. The van der Waals surface area contributed by atoms with Crippen molar-refractivity contribution in [2.45, 2.75) is 24.2 Å². The van der Waals surface area contributed by atoms with E-state index in [2.05, 4.69) is 5.32 Å². The van der Waals surface area contributed by atoms with Crippen LogP contribution < -0.4 is 9.62 Å². The van der Waals surface area contributed by atoms with E-state index in [1.165, 1.54) is 24.3 Å². The van der Waals surface area contributed by atoms with Crippen molar-refractivity contribution < 1.29 is 39.6 Å². The minimum Gasteiger partial charge on any atom is -0.325 e. The van der Waals surface area contributed by atoms with Gasteiger partial charge in [0, 0.05) is 5.69 Å². The van der Waals surface area contributed by atoms with E-state index < -0.39 is 51.6 Å². The highest BCUT2D eigenvalue weighted by Gasteiger charge is 2.33. The van der Waals surface area contributed by atoms with Gasteiger partial charge in [-0.2, -0.15) is 26.3 Å². The van der Waals surface area contributed by atoms with E-state index in [0.29, 0.717) is 10.4 Å². The summed E-state index contributed by atoms with van der Waals surface area (Å²) >= 11 is 0. The Morgan fingerprint density at radius 2 is 1.40 bits per heavy atom. The number of nitrogens with zero attached hydrogens (tertiary/aromatic N) is 1. The summed E-state index contributed by atoms with van der Waals surface area (Å²) in [5.41, 5.74) is -1.82. The molecule has 0 aliphatic carbocycles. The lowest BCUT2D eigenvalue weighted by Gasteiger charge is -2.25. The first-order valence-electron chi connectivity index (χ1n) is 9.92. The molecule has 0 saturated carbocycles. The third-order valence-corrected chi connectivity index (χ3v) is 6.64. The van der Waals surface area contributed by atoms with Crippen molar-refractivity contribution in [3.63, 3.8) is 0 Å². The molecule has 186 valence electrons. The third kappa shape index (κ3) is 6.32. The van der Waals surface area contributed by atoms with Crippen molar-refractivity contribution in [3.8, 4) is 0 Å². The molecule has 1 N–H and O–H groups in total. The monoisotopic (exact) mass is 516 g/mol. The number of amides is 1. The first-order valence-corrected chi connectivity index (χ1v) is 11.4. The molecule has 0 unspecified atom stereocenters. The lowest BCUT2D eigenvalue weighted by molar-refractivity contribution is -0.138. The van der Waals surface area contributed by atoms with Crippen LogP contribution >= 0.6 is 0 Å². The highest BCUT2D eigenvalue weighted by atomic mass is 32.2. The van der Waals surface area contributed by atoms with Crippen molar-refractivity contribution >= 4 is 27.3 Å². The van der Waals surface area contributed by atoms with Crippen LogP contribution in [0.5, 0.6) is 0 Å². The summed E-state index contributed by atoms with van der Waals surface area (Å²) in [7, 11) is -4.49. The van der Waals surface area contributed by atoms with Crippen molar-refractivity contribution in [2.24, 2.45) is 0 Å². The molecule has 0 bridgehead atoms. The lowest BCUT2D eigenvalue weighted by atomic mass is 10.2. The number of benzene rings is 3. The van der Waals surface area contributed by atoms with Gasteiger partial charge in [-0.25, -0.2) is 8.42 Å². The molecule has 12 heteroatoms. The molecule has 0 aliphatic heterocycles. The zero-order chi connectivity index (χ0) is 26.0. The average Bonchev–Trinajstić information content (AvgIpc) is 2.77. The molecule has 3 aromatic carbocycles. The molecule has 1 amide bonds. The normalized spacial score (nSPS) is 12.3. The van der Waals surface area contributed by atoms with Gasteiger partial charge >= 0.3 is 12.4 Å². The van der Waals surface area contributed by atoms with Crippen LogP contribution in [0.15, 0.2) is 77.7 Å². The summed E-state index contributed by atoms with van der Waals surface area (Å²) in [6, 6.07) is 12.3. The van der Waals surface area contributed by atoms with Gasteiger partial charge in [0.15, 0.2) is 0 Å². The Morgan fingerprint density at radius 3 is 1.94 bits per heavy atom. The Labute approximate surface area is 197 Å². The standard InChI is InChI=1S/C23H18F6N2O3S/c1-15-5-11-20(12-6-15)35(33,34)31(19-4-2-3-17(13-19)23(27,28)29)14-21(32)30-18-9-7-16(8-10-18)22(24,25)26/h2-13H,14H2,1H3,(H,30,32). The van der Waals surface area contributed by atoms with E-state index in [9.17, 15) is 39.6 Å². The molecule has 0 fully saturated rings. The van der Waals surface area contributed by atoms with Crippen LogP contribution in [0.25, 0.3) is 0 Å². The largest absolute Gasteiger partial charge is 0.416 e. The number of hydrogen-bond acceptors (Lipinski definition) is 3. The van der Waals surface area contributed by atoms with Gasteiger partial charge in [0.25, 0.3) is 10.0 Å². The summed E-state index contributed by atoms with van der Waals surface area (Å²) < 4.78 is 105. The van der Waals surface area contributed by atoms with Gasteiger partial charge in [-0.1, -0.05) is 23.8 Å². The van der Waals surface area contributed by atoms with Gasteiger partial charge in [-0.3, -0.25) is 9.10 Å². The van der Waals surface area contributed by atoms with Gasteiger partial charge in [0.1, 0.15) is 6.54 Å². The zero-order valence-corrected chi connectivity index (χ0v) is 18.8. The van der Waals surface area contributed by atoms with Gasteiger partial charge in [0.2, 0.25) is 5.91 Å². The Balaban J connectivity index is 1.96. The second kappa shape index (κ2) is 9.61. The topological polar surface area (TPSA) is 66.5 Å². The molecule has 0 radical (unpaired) electrons. The SMILES string of the molecule is Cc1ccc(S(=O)(=O)N(CC(=O)Nc2ccc(C(F)(F)F)cc2)c2cccc(C(F)(F)F)c2)cc1. The minimum atomic E-state index is -4.77. The maximum Gasteiger partial charge on any atom is 0.416 e. The predicted molar refractivity (Wildman–Crippen MR) is 117 cm³/mol. The number of rotatable bonds is 6.